The minimum absolute atomic E-state index is 0.111. The fourth-order valence-corrected chi connectivity index (χ4v) is 2.42. The van der Waals surface area contributed by atoms with E-state index in [1.54, 1.807) is 31.4 Å². The van der Waals surface area contributed by atoms with Gasteiger partial charge in [0.1, 0.15) is 0 Å². The molecule has 0 atom stereocenters. The molecule has 0 aliphatic heterocycles. The number of methoxy groups -OCH3 is 1. The van der Waals surface area contributed by atoms with Gasteiger partial charge in [-0.15, -0.1) is 0 Å². The first-order chi connectivity index (χ1) is 9.69. The van der Waals surface area contributed by atoms with Gasteiger partial charge in [0, 0.05) is 18.5 Å². The Labute approximate surface area is 115 Å². The third kappa shape index (κ3) is 2.18. The Kier molecular flexibility index (Phi) is 3.23. The average molecular weight is 273 g/mol. The SMILES string of the molecule is COC1CC(NC(=O)c2n[nH]c(=O)c3ccccc23)C1. The highest BCUT2D eigenvalue weighted by atomic mass is 16.5. The third-order valence-electron chi connectivity index (χ3n) is 3.67. The monoisotopic (exact) mass is 273 g/mol. The topological polar surface area (TPSA) is 84.1 Å². The lowest BCUT2D eigenvalue weighted by Crippen LogP contribution is -2.47. The Bertz CT molecular complexity index is 704. The van der Waals surface area contributed by atoms with Crippen LogP contribution < -0.4 is 10.9 Å². The Morgan fingerprint density at radius 3 is 2.75 bits per heavy atom. The number of nitrogens with one attached hydrogen (secondary N) is 2. The number of ether oxygens (including phenoxy) is 1. The fourth-order valence-electron chi connectivity index (χ4n) is 2.42. The second kappa shape index (κ2) is 5.05. The number of benzene rings is 1. The van der Waals surface area contributed by atoms with Gasteiger partial charge in [-0.05, 0) is 18.9 Å². The molecule has 1 fully saturated rings. The summed E-state index contributed by atoms with van der Waals surface area (Å²) < 4.78 is 5.18. The van der Waals surface area contributed by atoms with Crippen LogP contribution in [0.5, 0.6) is 0 Å². The van der Waals surface area contributed by atoms with Crippen LogP contribution in [-0.2, 0) is 4.74 Å². The van der Waals surface area contributed by atoms with Crippen LogP contribution in [0.2, 0.25) is 0 Å². The molecule has 1 heterocycles. The maximum Gasteiger partial charge on any atom is 0.272 e. The van der Waals surface area contributed by atoms with Gasteiger partial charge in [0.05, 0.1) is 11.5 Å². The van der Waals surface area contributed by atoms with Gasteiger partial charge >= 0.3 is 0 Å². The van der Waals surface area contributed by atoms with E-state index < -0.39 is 0 Å². The van der Waals surface area contributed by atoms with E-state index in [4.69, 9.17) is 4.74 Å². The predicted octanol–water partition coefficient (Wildman–Crippen LogP) is 0.830. The summed E-state index contributed by atoms with van der Waals surface area (Å²) in [7, 11) is 1.67. The maximum atomic E-state index is 12.2. The van der Waals surface area contributed by atoms with Crippen LogP contribution in [0.15, 0.2) is 29.1 Å². The van der Waals surface area contributed by atoms with Crippen molar-refractivity contribution in [3.05, 3.63) is 40.3 Å². The second-order valence-electron chi connectivity index (χ2n) is 4.95. The lowest BCUT2D eigenvalue weighted by atomic mass is 9.89. The molecule has 104 valence electrons. The minimum atomic E-state index is -0.291. The van der Waals surface area contributed by atoms with Crippen LogP contribution in [-0.4, -0.2) is 35.4 Å². The van der Waals surface area contributed by atoms with E-state index >= 15 is 0 Å². The van der Waals surface area contributed by atoms with Gasteiger partial charge in [-0.3, -0.25) is 9.59 Å². The summed E-state index contributed by atoms with van der Waals surface area (Å²) in [6.45, 7) is 0. The van der Waals surface area contributed by atoms with E-state index in [9.17, 15) is 9.59 Å². The number of H-pyrrole nitrogens is 1. The molecule has 0 bridgehead atoms. The van der Waals surface area contributed by atoms with Crippen LogP contribution in [0.4, 0.5) is 0 Å². The highest BCUT2D eigenvalue weighted by Gasteiger charge is 2.31. The van der Waals surface area contributed by atoms with E-state index in [0.29, 0.717) is 10.8 Å². The van der Waals surface area contributed by atoms with Crippen molar-refractivity contribution in [2.75, 3.05) is 7.11 Å². The van der Waals surface area contributed by atoms with Gasteiger partial charge in [-0.25, -0.2) is 5.10 Å². The second-order valence-corrected chi connectivity index (χ2v) is 4.95. The molecular weight excluding hydrogens is 258 g/mol. The molecule has 1 aliphatic rings. The molecule has 1 aromatic heterocycles. The van der Waals surface area contributed by atoms with Crippen LogP contribution in [0, 0.1) is 0 Å². The molecule has 1 aromatic carbocycles. The van der Waals surface area contributed by atoms with Crippen LogP contribution in [0.3, 0.4) is 0 Å². The van der Waals surface area contributed by atoms with E-state index in [1.807, 2.05) is 0 Å². The first kappa shape index (κ1) is 12.8. The van der Waals surface area contributed by atoms with E-state index in [0.717, 1.165) is 12.8 Å². The van der Waals surface area contributed by atoms with Gasteiger partial charge < -0.3 is 10.1 Å². The number of fused-ring (bicyclic) bond motifs is 1. The highest BCUT2D eigenvalue weighted by Crippen LogP contribution is 2.23. The smallest absolute Gasteiger partial charge is 0.272 e. The van der Waals surface area contributed by atoms with Crippen molar-refractivity contribution in [1.82, 2.24) is 15.5 Å². The Morgan fingerprint density at radius 2 is 2.05 bits per heavy atom. The van der Waals surface area contributed by atoms with Crippen molar-refractivity contribution < 1.29 is 9.53 Å². The van der Waals surface area contributed by atoms with Crippen molar-refractivity contribution in [3.8, 4) is 0 Å². The molecule has 1 aliphatic carbocycles. The predicted molar refractivity (Wildman–Crippen MR) is 73.6 cm³/mol. The lowest BCUT2D eigenvalue weighted by Gasteiger charge is -2.34. The molecule has 1 amide bonds. The lowest BCUT2D eigenvalue weighted by molar-refractivity contribution is 0.0175. The van der Waals surface area contributed by atoms with Crippen molar-refractivity contribution in [2.24, 2.45) is 0 Å². The van der Waals surface area contributed by atoms with Crippen molar-refractivity contribution in [1.29, 1.82) is 0 Å². The third-order valence-corrected chi connectivity index (χ3v) is 3.67. The Balaban J connectivity index is 1.85. The fraction of sp³-hybridized carbons (Fsp3) is 0.357. The zero-order valence-corrected chi connectivity index (χ0v) is 11.1. The molecule has 6 nitrogen and oxygen atoms in total. The summed E-state index contributed by atoms with van der Waals surface area (Å²) in [5, 5.41) is 10.2. The van der Waals surface area contributed by atoms with Gasteiger partial charge in [0.2, 0.25) is 0 Å². The summed E-state index contributed by atoms with van der Waals surface area (Å²) in [6.07, 6.45) is 1.84. The molecule has 0 spiro atoms. The van der Waals surface area contributed by atoms with Gasteiger partial charge in [-0.1, -0.05) is 18.2 Å². The summed E-state index contributed by atoms with van der Waals surface area (Å²) >= 11 is 0. The number of amides is 1. The number of aromatic amines is 1. The molecule has 3 rings (SSSR count). The summed E-state index contributed by atoms with van der Waals surface area (Å²) in [6, 6.07) is 7.06. The maximum absolute atomic E-state index is 12.2. The van der Waals surface area contributed by atoms with Gasteiger partial charge in [0.25, 0.3) is 11.5 Å². The number of hydrogen-bond acceptors (Lipinski definition) is 4. The zero-order valence-electron chi connectivity index (χ0n) is 11.1. The molecule has 2 N–H and O–H groups in total. The first-order valence-corrected chi connectivity index (χ1v) is 6.50. The minimum Gasteiger partial charge on any atom is -0.381 e. The molecular formula is C14H15N3O3. The summed E-state index contributed by atoms with van der Waals surface area (Å²) in [4.78, 5) is 23.9. The number of carbonyl (C=O) groups is 1. The van der Waals surface area contributed by atoms with E-state index in [-0.39, 0.29) is 29.3 Å². The zero-order chi connectivity index (χ0) is 14.1. The highest BCUT2D eigenvalue weighted by molar-refractivity contribution is 6.04. The number of hydrogen-bond donors (Lipinski definition) is 2. The quantitative estimate of drug-likeness (QED) is 0.867. The molecule has 1 saturated carbocycles. The first-order valence-electron chi connectivity index (χ1n) is 6.50. The van der Waals surface area contributed by atoms with Crippen LogP contribution >= 0.6 is 0 Å². The largest absolute Gasteiger partial charge is 0.381 e. The number of carbonyl (C=O) groups excluding carboxylic acids is 1. The van der Waals surface area contributed by atoms with Crippen LogP contribution in [0.25, 0.3) is 10.8 Å². The Hall–Kier alpha value is -2.21. The van der Waals surface area contributed by atoms with Crippen molar-refractivity contribution in [3.63, 3.8) is 0 Å². The van der Waals surface area contributed by atoms with E-state index in [2.05, 4.69) is 15.5 Å². The summed E-state index contributed by atoms with van der Waals surface area (Å²) in [5.74, 6) is -0.267. The molecule has 0 radical (unpaired) electrons. The molecule has 0 saturated heterocycles. The van der Waals surface area contributed by atoms with Gasteiger partial charge in [0.15, 0.2) is 5.69 Å². The molecule has 20 heavy (non-hydrogen) atoms. The van der Waals surface area contributed by atoms with E-state index in [1.165, 1.54) is 0 Å². The molecule has 0 unspecified atom stereocenters. The number of nitrogens with zero attached hydrogens (tertiary/aromatic N) is 1. The normalized spacial score (nSPS) is 21.4. The Morgan fingerprint density at radius 1 is 1.35 bits per heavy atom. The molecule has 6 heteroatoms. The number of aromatic nitrogens is 2. The van der Waals surface area contributed by atoms with Crippen LogP contribution in [0.1, 0.15) is 23.3 Å². The van der Waals surface area contributed by atoms with Crippen molar-refractivity contribution in [2.45, 2.75) is 25.0 Å². The standard InChI is InChI=1S/C14H15N3O3/c1-20-9-6-8(7-9)15-14(19)12-10-4-2-3-5-11(10)13(18)17-16-12/h2-5,8-9H,6-7H2,1H3,(H,15,19)(H,17,18). The summed E-state index contributed by atoms with van der Waals surface area (Å²) in [5.41, 5.74) is -0.0405. The molecule has 2 aromatic rings. The number of rotatable bonds is 3. The van der Waals surface area contributed by atoms with Crippen molar-refractivity contribution >= 4 is 16.7 Å². The average Bonchev–Trinajstić information content (AvgIpc) is 2.43. The van der Waals surface area contributed by atoms with Gasteiger partial charge in [-0.2, -0.15) is 5.10 Å².